The quantitative estimate of drug-likeness (QED) is 0.470. The molecule has 0 aliphatic carbocycles. The molecule has 0 atom stereocenters. The predicted octanol–water partition coefficient (Wildman–Crippen LogP) is 3.43. The van der Waals surface area contributed by atoms with E-state index in [1.165, 1.54) is 51.4 Å². The summed E-state index contributed by atoms with van der Waals surface area (Å²) in [5.41, 5.74) is 6.89. The van der Waals surface area contributed by atoms with Crippen molar-refractivity contribution in [1.82, 2.24) is 5.73 Å². The first kappa shape index (κ1) is 13.9. The van der Waals surface area contributed by atoms with E-state index in [0.717, 1.165) is 6.61 Å². The molecule has 0 aliphatic heterocycles. The molecule has 0 fully saturated rings. The molecular weight excluding hydrogens is 174 g/mol. The lowest BCUT2D eigenvalue weighted by atomic mass is 10.1. The minimum atomic E-state index is 0.400. The van der Waals surface area contributed by atoms with E-state index in [4.69, 9.17) is 10.5 Å². The molecule has 2 nitrogen and oxygen atoms in total. The van der Waals surface area contributed by atoms with Gasteiger partial charge >= 0.3 is 0 Å². The summed E-state index contributed by atoms with van der Waals surface area (Å²) in [6.45, 7) is 4.12. The summed E-state index contributed by atoms with van der Waals surface area (Å²) in [5.74, 6) is 0. The van der Waals surface area contributed by atoms with Crippen LogP contribution < -0.4 is 5.73 Å². The van der Waals surface area contributed by atoms with Gasteiger partial charge in [0, 0.05) is 13.2 Å². The highest BCUT2D eigenvalue weighted by atomic mass is 16.5. The van der Waals surface area contributed by atoms with Gasteiger partial charge in [0.25, 0.3) is 0 Å². The van der Waals surface area contributed by atoms with Crippen molar-refractivity contribution in [3.63, 3.8) is 0 Å². The van der Waals surface area contributed by atoms with Crippen LogP contribution >= 0.6 is 0 Å². The van der Waals surface area contributed by atoms with Gasteiger partial charge in [-0.3, -0.25) is 5.73 Å². The molecule has 0 amide bonds. The SMILES string of the molecule is CCCCCCCCCCOCC[NH]. The van der Waals surface area contributed by atoms with Gasteiger partial charge in [0.15, 0.2) is 0 Å². The number of hydrogen-bond acceptors (Lipinski definition) is 1. The molecule has 1 N–H and O–H groups in total. The highest BCUT2D eigenvalue weighted by molar-refractivity contribution is 4.45. The average Bonchev–Trinajstić information content (AvgIpc) is 2.21. The molecule has 0 spiro atoms. The summed E-state index contributed by atoms with van der Waals surface area (Å²) >= 11 is 0. The summed E-state index contributed by atoms with van der Waals surface area (Å²) in [6, 6.07) is 0. The summed E-state index contributed by atoms with van der Waals surface area (Å²) in [4.78, 5) is 0. The number of hydrogen-bond donors (Lipinski definition) is 0. The fourth-order valence-corrected chi connectivity index (χ4v) is 1.51. The molecule has 0 aromatic heterocycles. The van der Waals surface area contributed by atoms with Crippen LogP contribution in [-0.4, -0.2) is 19.8 Å². The maximum absolute atomic E-state index is 6.89. The van der Waals surface area contributed by atoms with E-state index in [-0.39, 0.29) is 0 Å². The topological polar surface area (TPSA) is 33.0 Å². The van der Waals surface area contributed by atoms with E-state index in [2.05, 4.69) is 6.92 Å². The predicted molar refractivity (Wildman–Crippen MR) is 61.4 cm³/mol. The zero-order chi connectivity index (χ0) is 10.5. The Balaban J connectivity index is 2.78. The molecule has 0 unspecified atom stereocenters. The molecule has 2 heteroatoms. The van der Waals surface area contributed by atoms with Gasteiger partial charge < -0.3 is 4.74 Å². The van der Waals surface area contributed by atoms with Crippen LogP contribution in [0.4, 0.5) is 0 Å². The van der Waals surface area contributed by atoms with Crippen molar-refractivity contribution in [1.29, 1.82) is 0 Å². The largest absolute Gasteiger partial charge is 0.380 e. The average molecular weight is 200 g/mol. The molecule has 85 valence electrons. The van der Waals surface area contributed by atoms with Crippen LogP contribution in [0.3, 0.4) is 0 Å². The van der Waals surface area contributed by atoms with E-state index in [9.17, 15) is 0 Å². The first-order chi connectivity index (χ1) is 6.91. The second-order valence-electron chi connectivity index (χ2n) is 3.84. The Labute approximate surface area is 89.2 Å². The summed E-state index contributed by atoms with van der Waals surface area (Å²) in [5, 5.41) is 0. The minimum absolute atomic E-state index is 0.400. The molecule has 0 rings (SSSR count). The van der Waals surface area contributed by atoms with Crippen LogP contribution in [0.25, 0.3) is 0 Å². The second kappa shape index (κ2) is 12.9. The van der Waals surface area contributed by atoms with Crippen molar-refractivity contribution in [2.24, 2.45) is 0 Å². The maximum atomic E-state index is 6.89. The number of nitrogens with one attached hydrogen (secondary N) is 1. The molecule has 14 heavy (non-hydrogen) atoms. The van der Waals surface area contributed by atoms with Crippen molar-refractivity contribution >= 4 is 0 Å². The fraction of sp³-hybridized carbons (Fsp3) is 1.00. The van der Waals surface area contributed by atoms with Crippen LogP contribution in [-0.2, 0) is 4.74 Å². The van der Waals surface area contributed by atoms with Crippen molar-refractivity contribution < 1.29 is 4.74 Å². The van der Waals surface area contributed by atoms with Crippen LogP contribution in [0, 0.1) is 0 Å². The number of ether oxygens (including phenoxy) is 1. The van der Waals surface area contributed by atoms with Crippen molar-refractivity contribution in [3.05, 3.63) is 0 Å². The highest BCUT2D eigenvalue weighted by Gasteiger charge is 1.91. The van der Waals surface area contributed by atoms with E-state index in [1.54, 1.807) is 0 Å². The third-order valence-corrected chi connectivity index (χ3v) is 2.39. The fourth-order valence-electron chi connectivity index (χ4n) is 1.51. The highest BCUT2D eigenvalue weighted by Crippen LogP contribution is 2.08. The summed E-state index contributed by atoms with van der Waals surface area (Å²) in [7, 11) is 0. The lowest BCUT2D eigenvalue weighted by Crippen LogP contribution is -2.01. The second-order valence-corrected chi connectivity index (χ2v) is 3.84. The normalized spacial score (nSPS) is 10.7. The van der Waals surface area contributed by atoms with Crippen LogP contribution in [0.1, 0.15) is 58.3 Å². The molecule has 0 saturated carbocycles. The van der Waals surface area contributed by atoms with Gasteiger partial charge in [-0.2, -0.15) is 0 Å². The van der Waals surface area contributed by atoms with E-state index in [0.29, 0.717) is 13.2 Å². The van der Waals surface area contributed by atoms with Crippen molar-refractivity contribution in [2.75, 3.05) is 19.8 Å². The smallest absolute Gasteiger partial charge is 0.0604 e. The van der Waals surface area contributed by atoms with Gasteiger partial charge in [-0.25, -0.2) is 0 Å². The maximum Gasteiger partial charge on any atom is 0.0604 e. The Morgan fingerprint density at radius 3 is 1.93 bits per heavy atom. The third kappa shape index (κ3) is 11.9. The van der Waals surface area contributed by atoms with Crippen molar-refractivity contribution in [3.8, 4) is 0 Å². The van der Waals surface area contributed by atoms with Gasteiger partial charge in [0.1, 0.15) is 0 Å². The van der Waals surface area contributed by atoms with Gasteiger partial charge in [-0.05, 0) is 6.42 Å². The van der Waals surface area contributed by atoms with Gasteiger partial charge in [0.2, 0.25) is 0 Å². The molecule has 0 aromatic rings. The van der Waals surface area contributed by atoms with Crippen LogP contribution in [0.2, 0.25) is 0 Å². The van der Waals surface area contributed by atoms with Crippen LogP contribution in [0.5, 0.6) is 0 Å². The van der Waals surface area contributed by atoms with Crippen molar-refractivity contribution in [2.45, 2.75) is 58.3 Å². The third-order valence-electron chi connectivity index (χ3n) is 2.39. The molecule has 0 bridgehead atoms. The summed E-state index contributed by atoms with van der Waals surface area (Å²) in [6.07, 6.45) is 10.8. The molecule has 0 aliphatic rings. The monoisotopic (exact) mass is 200 g/mol. The molecule has 0 heterocycles. The zero-order valence-corrected chi connectivity index (χ0v) is 9.69. The Bertz CT molecular complexity index is 84.3. The minimum Gasteiger partial charge on any atom is -0.380 e. The summed E-state index contributed by atoms with van der Waals surface area (Å²) < 4.78 is 5.24. The van der Waals surface area contributed by atoms with Gasteiger partial charge in [0.05, 0.1) is 6.61 Å². The molecule has 0 saturated heterocycles. The zero-order valence-electron chi connectivity index (χ0n) is 9.69. The Morgan fingerprint density at radius 1 is 0.786 bits per heavy atom. The van der Waals surface area contributed by atoms with E-state index in [1.807, 2.05) is 0 Å². The molecule has 1 radical (unpaired) electrons. The Morgan fingerprint density at radius 2 is 1.36 bits per heavy atom. The van der Waals surface area contributed by atoms with Gasteiger partial charge in [-0.15, -0.1) is 0 Å². The molecule has 0 aromatic carbocycles. The lowest BCUT2D eigenvalue weighted by molar-refractivity contribution is 0.136. The Hall–Kier alpha value is -0.0800. The first-order valence-electron chi connectivity index (χ1n) is 6.14. The first-order valence-corrected chi connectivity index (χ1v) is 6.14. The van der Waals surface area contributed by atoms with Crippen LogP contribution in [0.15, 0.2) is 0 Å². The number of unbranched alkanes of at least 4 members (excludes halogenated alkanes) is 7. The molecular formula is C12H26NO. The van der Waals surface area contributed by atoms with E-state index < -0.39 is 0 Å². The standard InChI is InChI=1S/C12H26NO/c1-2-3-4-5-6-7-8-9-11-14-12-10-13/h13H,2-12H2,1H3. The van der Waals surface area contributed by atoms with E-state index >= 15 is 0 Å². The lowest BCUT2D eigenvalue weighted by Gasteiger charge is -2.02. The Kier molecular flexibility index (Phi) is 12.8. The number of rotatable bonds is 11. The van der Waals surface area contributed by atoms with Gasteiger partial charge in [-0.1, -0.05) is 51.9 Å².